The van der Waals surface area contributed by atoms with Crippen LogP contribution in [-0.2, 0) is 0 Å². The molecule has 0 saturated heterocycles. The maximum Gasteiger partial charge on any atom is 0.164 e. The molecule has 8 aromatic carbocycles. The van der Waals surface area contributed by atoms with Crippen LogP contribution in [0.4, 0.5) is 0 Å². The van der Waals surface area contributed by atoms with Crippen molar-refractivity contribution in [1.82, 2.24) is 19.5 Å². The topological polar surface area (TPSA) is 56.7 Å². The van der Waals surface area contributed by atoms with Crippen LogP contribution in [0.1, 0.15) is 0 Å². The second-order valence-corrected chi connectivity index (χ2v) is 16.6. The summed E-state index contributed by atoms with van der Waals surface area (Å²) in [5.74, 6) is 1.89. The minimum Gasteiger partial charge on any atom is -0.457 e. The van der Waals surface area contributed by atoms with E-state index in [0.717, 1.165) is 71.6 Å². The molecule has 0 fully saturated rings. The van der Waals surface area contributed by atoms with E-state index >= 15 is 0 Å². The molecule has 0 bridgehead atoms. The van der Waals surface area contributed by atoms with Crippen LogP contribution >= 0.6 is 0 Å². The van der Waals surface area contributed by atoms with Gasteiger partial charge >= 0.3 is 0 Å². The number of nitrogens with zero attached hydrogens (tertiary/aromatic N) is 4. The first-order chi connectivity index (χ1) is 30.3. The molecule has 3 aromatic heterocycles. The van der Waals surface area contributed by atoms with Crippen molar-refractivity contribution >= 4 is 124 Å². The van der Waals surface area contributed by atoms with Gasteiger partial charge in [-0.25, -0.2) is 15.0 Å². The molecule has 0 radical (unpaired) electrons. The molecule has 0 aliphatic carbocycles. The fourth-order valence-corrected chi connectivity index (χ4v) is 9.69. The quantitative estimate of drug-likeness (QED) is 0.244. The first kappa shape index (κ1) is 37.7. The van der Waals surface area contributed by atoms with Gasteiger partial charge in [0.2, 0.25) is 0 Å². The molecule has 62 heavy (non-hydrogen) atoms. The third-order valence-electron chi connectivity index (χ3n) is 13.0. The van der Waals surface area contributed by atoms with E-state index in [-0.39, 0.29) is 0 Å². The van der Waals surface area contributed by atoms with E-state index in [1.807, 2.05) is 24.3 Å². The summed E-state index contributed by atoms with van der Waals surface area (Å²) in [6.07, 6.45) is 0. The number of benzene rings is 8. The van der Waals surface area contributed by atoms with Crippen molar-refractivity contribution in [1.29, 1.82) is 0 Å². The second-order valence-electron chi connectivity index (χ2n) is 16.6. The Hall–Kier alpha value is -7.24. The van der Waals surface area contributed by atoms with Crippen LogP contribution in [0.2, 0.25) is 0 Å². The van der Waals surface area contributed by atoms with Crippen LogP contribution in [0.15, 0.2) is 162 Å². The minimum absolute atomic E-state index is 0.627. The molecule has 0 saturated carbocycles. The average molecular weight is 788 g/mol. The van der Waals surface area contributed by atoms with Crippen LogP contribution < -0.4 is 32.8 Å². The number of hydrogen-bond donors (Lipinski definition) is 0. The number of furan rings is 1. The Bertz CT molecular complexity index is 3590. The Kier molecular flexibility index (Phi) is 8.97. The van der Waals surface area contributed by atoms with Crippen LogP contribution in [-0.4, -0.2) is 66.6 Å². The Balaban J connectivity index is 1.14. The van der Waals surface area contributed by atoms with Gasteiger partial charge in [0.1, 0.15) is 58.2 Å². The summed E-state index contributed by atoms with van der Waals surface area (Å²) in [5.41, 5.74) is 19.7. The van der Waals surface area contributed by atoms with Crippen molar-refractivity contribution in [2.75, 3.05) is 0 Å². The number of fused-ring (bicyclic) bond motifs is 6. The molecule has 0 amide bonds. The summed E-state index contributed by atoms with van der Waals surface area (Å²) in [7, 11) is 13.3. The van der Waals surface area contributed by atoms with E-state index < -0.39 is 0 Å². The van der Waals surface area contributed by atoms with Crippen LogP contribution in [0.3, 0.4) is 0 Å². The normalized spacial score (nSPS) is 11.6. The van der Waals surface area contributed by atoms with Gasteiger partial charge in [0.15, 0.2) is 17.5 Å². The lowest BCUT2D eigenvalue weighted by atomic mass is 9.68. The molecule has 11 aromatic rings. The average Bonchev–Trinajstić information content (AvgIpc) is 3.89. The number of hydrogen-bond acceptors (Lipinski definition) is 4. The van der Waals surface area contributed by atoms with Gasteiger partial charge in [0.05, 0.1) is 11.0 Å². The zero-order chi connectivity index (χ0) is 42.2. The zero-order valence-electron chi connectivity index (χ0n) is 35.7. The van der Waals surface area contributed by atoms with Crippen molar-refractivity contribution in [2.24, 2.45) is 0 Å². The standard InChI is InChI=1S/C51H38B6N4O/c52-40-37-38-42(54)46(61-35-22-11-10-21-33(35)34-26-31(23-24-36(34)61)28-15-6-2-7-16-28)44(56)45(57)48(38)62-47(37)43(55)39(41(40)53)51-59-49(29-17-8-3-9-18-29)58-50(60-51)32-20-12-19-30(25-32)27-13-4-1-5-14-27/h1-26H,52-57H2. The largest absolute Gasteiger partial charge is 0.457 e. The number of para-hydroxylation sites is 1. The SMILES string of the molecule is Bc1c(-n2c3ccccc3c3cc(-c4ccccc4)ccc32)c(B)c2c(oc3c(B)c(-c4nc(-c5ccccc5)nc(-c5cccc(-c6ccccc6)c5)n4)c(B)c(B)c32)c1B. The van der Waals surface area contributed by atoms with Crippen molar-refractivity contribution in [2.45, 2.75) is 0 Å². The fraction of sp³-hybridized carbons (Fsp3) is 0. The molecule has 286 valence electrons. The molecule has 0 aliphatic rings. The predicted octanol–water partition coefficient (Wildman–Crippen LogP) is 2.75. The van der Waals surface area contributed by atoms with Crippen LogP contribution in [0.5, 0.6) is 0 Å². The van der Waals surface area contributed by atoms with E-state index in [1.54, 1.807) is 0 Å². The van der Waals surface area contributed by atoms with Gasteiger partial charge < -0.3 is 8.98 Å². The van der Waals surface area contributed by atoms with E-state index in [0.29, 0.717) is 17.5 Å². The van der Waals surface area contributed by atoms with E-state index in [4.69, 9.17) is 19.4 Å². The molecule has 0 spiro atoms. The first-order valence-corrected chi connectivity index (χ1v) is 21.3. The number of aromatic nitrogens is 4. The highest BCUT2D eigenvalue weighted by atomic mass is 16.3. The smallest absolute Gasteiger partial charge is 0.164 e. The van der Waals surface area contributed by atoms with Crippen molar-refractivity contribution in [3.8, 4) is 62.1 Å². The lowest BCUT2D eigenvalue weighted by Crippen LogP contribution is -2.37. The molecule has 0 unspecified atom stereocenters. The zero-order valence-corrected chi connectivity index (χ0v) is 35.7. The van der Waals surface area contributed by atoms with Gasteiger partial charge in [-0.1, -0.05) is 161 Å². The maximum absolute atomic E-state index is 7.10. The van der Waals surface area contributed by atoms with E-state index in [2.05, 4.69) is 185 Å². The summed E-state index contributed by atoms with van der Waals surface area (Å²) in [6, 6.07) is 55.4. The molecule has 0 atom stereocenters. The van der Waals surface area contributed by atoms with Crippen LogP contribution in [0, 0.1) is 0 Å². The molecular weight excluding hydrogens is 749 g/mol. The Morgan fingerprint density at radius 2 is 0.871 bits per heavy atom. The van der Waals surface area contributed by atoms with Crippen LogP contribution in [0.25, 0.3) is 106 Å². The second kappa shape index (κ2) is 14.7. The molecular formula is C51H38B6N4O. The molecule has 11 rings (SSSR count). The maximum atomic E-state index is 7.10. The van der Waals surface area contributed by atoms with Gasteiger partial charge in [0, 0.05) is 43.9 Å². The van der Waals surface area contributed by atoms with Gasteiger partial charge in [0.25, 0.3) is 0 Å². The third kappa shape index (κ3) is 5.90. The molecule has 0 aliphatic heterocycles. The molecule has 0 N–H and O–H groups in total. The summed E-state index contributed by atoms with van der Waals surface area (Å²) in [6.45, 7) is 0. The van der Waals surface area contributed by atoms with Crippen molar-refractivity contribution < 1.29 is 4.42 Å². The minimum atomic E-state index is 0.627. The number of rotatable bonds is 6. The highest BCUT2D eigenvalue weighted by Crippen LogP contribution is 2.36. The lowest BCUT2D eigenvalue weighted by molar-refractivity contribution is 0.674. The van der Waals surface area contributed by atoms with E-state index in [9.17, 15) is 0 Å². The summed E-state index contributed by atoms with van der Waals surface area (Å²) < 4.78 is 9.57. The summed E-state index contributed by atoms with van der Waals surface area (Å²) in [4.78, 5) is 15.6. The van der Waals surface area contributed by atoms with E-state index in [1.165, 1.54) is 49.5 Å². The Labute approximate surface area is 365 Å². The predicted molar refractivity (Wildman–Crippen MR) is 278 cm³/mol. The van der Waals surface area contributed by atoms with Gasteiger partial charge in [-0.05, 0) is 52.0 Å². The first-order valence-electron chi connectivity index (χ1n) is 21.3. The van der Waals surface area contributed by atoms with Gasteiger partial charge in [-0.15, -0.1) is 0 Å². The highest BCUT2D eigenvalue weighted by molar-refractivity contribution is 6.64. The summed E-state index contributed by atoms with van der Waals surface area (Å²) in [5, 5.41) is 4.77. The molecule has 11 heteroatoms. The van der Waals surface area contributed by atoms with Crippen molar-refractivity contribution in [3.05, 3.63) is 158 Å². The highest BCUT2D eigenvalue weighted by Gasteiger charge is 2.26. The van der Waals surface area contributed by atoms with Gasteiger partial charge in [-0.3, -0.25) is 0 Å². The monoisotopic (exact) mass is 788 g/mol. The van der Waals surface area contributed by atoms with Gasteiger partial charge in [-0.2, -0.15) is 0 Å². The Morgan fingerprint density at radius 1 is 0.355 bits per heavy atom. The fourth-order valence-electron chi connectivity index (χ4n) is 9.69. The van der Waals surface area contributed by atoms with Crippen molar-refractivity contribution in [3.63, 3.8) is 0 Å². The molecule has 3 heterocycles. The lowest BCUT2D eigenvalue weighted by Gasteiger charge is -2.19. The third-order valence-corrected chi connectivity index (χ3v) is 13.0. The Morgan fingerprint density at radius 3 is 1.56 bits per heavy atom. The summed E-state index contributed by atoms with van der Waals surface area (Å²) >= 11 is 0. The molecule has 5 nitrogen and oxygen atoms in total.